The summed E-state index contributed by atoms with van der Waals surface area (Å²) in [6, 6.07) is 17.3. The molecule has 4 rings (SSSR count). The van der Waals surface area contributed by atoms with Crippen LogP contribution in [0.3, 0.4) is 0 Å². The summed E-state index contributed by atoms with van der Waals surface area (Å²) >= 11 is 0. The van der Waals surface area contributed by atoms with Crippen LogP contribution in [0.25, 0.3) is 11.5 Å². The Morgan fingerprint density at radius 2 is 1.79 bits per heavy atom. The van der Waals surface area contributed by atoms with E-state index < -0.39 is 5.76 Å². The van der Waals surface area contributed by atoms with E-state index >= 15 is 0 Å². The average Bonchev–Trinajstić information content (AvgIpc) is 3.27. The molecular weight excluding hydrogens is 372 g/mol. The first-order valence-electron chi connectivity index (χ1n) is 9.23. The number of hydrogen-bond acceptors (Lipinski definition) is 6. The second-order valence-electron chi connectivity index (χ2n) is 6.61. The highest BCUT2D eigenvalue weighted by molar-refractivity contribution is 5.53. The Morgan fingerprint density at radius 1 is 1.03 bits per heavy atom. The van der Waals surface area contributed by atoms with Gasteiger partial charge >= 0.3 is 5.76 Å². The van der Waals surface area contributed by atoms with E-state index in [0.717, 1.165) is 22.6 Å². The van der Waals surface area contributed by atoms with Gasteiger partial charge in [-0.1, -0.05) is 30.3 Å². The van der Waals surface area contributed by atoms with Crippen LogP contribution in [0, 0.1) is 6.92 Å². The van der Waals surface area contributed by atoms with Gasteiger partial charge in [0.2, 0.25) is 11.8 Å². The fourth-order valence-corrected chi connectivity index (χ4v) is 2.95. The number of oxazole rings is 2. The van der Waals surface area contributed by atoms with Gasteiger partial charge in [0.1, 0.15) is 23.8 Å². The molecule has 0 radical (unpaired) electrons. The Balaban J connectivity index is 1.35. The number of aromatic hydroxyl groups is 1. The lowest BCUT2D eigenvalue weighted by molar-refractivity contribution is 0.299. The van der Waals surface area contributed by atoms with Crippen molar-refractivity contribution in [1.82, 2.24) is 9.97 Å². The topological polar surface area (TPSA) is 101 Å². The van der Waals surface area contributed by atoms with Gasteiger partial charge in [0.25, 0.3) is 0 Å². The third-order valence-electron chi connectivity index (χ3n) is 4.55. The van der Waals surface area contributed by atoms with Crippen molar-refractivity contribution >= 4 is 0 Å². The number of ether oxygens (including phenoxy) is 1. The molecule has 0 unspecified atom stereocenters. The number of hydrogen-bond donors (Lipinski definition) is 2. The lowest BCUT2D eigenvalue weighted by Crippen LogP contribution is -1.98. The molecule has 2 N–H and O–H groups in total. The molecule has 0 saturated heterocycles. The number of aryl methyl sites for hydroxylation is 3. The summed E-state index contributed by atoms with van der Waals surface area (Å²) in [6.07, 6.45) is 1.04. The highest BCUT2D eigenvalue weighted by atomic mass is 16.5. The van der Waals surface area contributed by atoms with Crippen molar-refractivity contribution in [1.29, 1.82) is 0 Å². The van der Waals surface area contributed by atoms with Gasteiger partial charge in [-0.25, -0.2) is 9.78 Å². The van der Waals surface area contributed by atoms with Gasteiger partial charge in [-0.3, -0.25) is 4.98 Å². The van der Waals surface area contributed by atoms with Gasteiger partial charge in [-0.05, 0) is 43.2 Å². The lowest BCUT2D eigenvalue weighted by Gasteiger charge is -2.06. The number of aromatic amines is 1. The van der Waals surface area contributed by atoms with Crippen LogP contribution in [0.1, 0.15) is 22.8 Å². The van der Waals surface area contributed by atoms with Crippen LogP contribution in [0.5, 0.6) is 11.6 Å². The van der Waals surface area contributed by atoms with E-state index in [2.05, 4.69) is 9.97 Å². The fraction of sp³-hybridized carbons (Fsp3) is 0.182. The molecule has 7 heteroatoms. The van der Waals surface area contributed by atoms with E-state index in [4.69, 9.17) is 13.6 Å². The summed E-state index contributed by atoms with van der Waals surface area (Å²) in [5, 5.41) is 9.55. The molecule has 2 aromatic heterocycles. The number of nitrogens with zero attached hydrogens (tertiary/aromatic N) is 1. The summed E-state index contributed by atoms with van der Waals surface area (Å²) in [5.74, 6) is 1.41. The molecule has 0 spiro atoms. The molecule has 0 atom stereocenters. The molecule has 0 aliphatic heterocycles. The minimum Gasteiger partial charge on any atom is -0.492 e. The van der Waals surface area contributed by atoms with Crippen molar-refractivity contribution in [3.63, 3.8) is 0 Å². The summed E-state index contributed by atoms with van der Waals surface area (Å²) in [6.45, 7) is 2.18. The Hall–Kier alpha value is -3.74. The zero-order valence-corrected chi connectivity index (χ0v) is 15.8. The second kappa shape index (κ2) is 8.10. The largest absolute Gasteiger partial charge is 0.492 e. The molecule has 2 aromatic carbocycles. The Morgan fingerprint density at radius 3 is 2.48 bits per heavy atom. The molecule has 0 amide bonds. The molecule has 2 heterocycles. The van der Waals surface area contributed by atoms with Crippen molar-refractivity contribution in [2.45, 2.75) is 26.4 Å². The molecule has 0 saturated carbocycles. The Kier molecular flexibility index (Phi) is 5.20. The predicted molar refractivity (Wildman–Crippen MR) is 106 cm³/mol. The zero-order chi connectivity index (χ0) is 20.2. The molecular formula is C22H20N2O5. The standard InChI is InChI=1S/C22H20N2O5/c1-14-18(23-21(28-14)16-5-3-2-4-6-16)13-27-17-10-7-15(8-11-17)9-12-19-20(25)24-22(26)29-19/h2-8,10-11,25H,9,12-13H2,1H3,(H,24,26). The molecule has 7 nitrogen and oxygen atoms in total. The number of rotatable bonds is 7. The smallest absolute Gasteiger partial charge is 0.419 e. The van der Waals surface area contributed by atoms with Crippen LogP contribution in [0.2, 0.25) is 0 Å². The minimum absolute atomic E-state index is 0.215. The Bertz CT molecular complexity index is 1140. The maximum atomic E-state index is 11.1. The first-order chi connectivity index (χ1) is 14.1. The SMILES string of the molecule is Cc1oc(-c2ccccc2)nc1COc1ccc(CCc2oc(=O)[nH]c2O)cc1. The van der Waals surface area contributed by atoms with Gasteiger partial charge in [0.05, 0.1) is 0 Å². The van der Waals surface area contributed by atoms with Crippen LogP contribution in [-0.2, 0) is 19.4 Å². The predicted octanol–water partition coefficient (Wildman–Crippen LogP) is 4.00. The van der Waals surface area contributed by atoms with E-state index in [1.807, 2.05) is 61.5 Å². The normalized spacial score (nSPS) is 10.9. The van der Waals surface area contributed by atoms with Gasteiger partial charge in [0.15, 0.2) is 5.76 Å². The number of H-pyrrole nitrogens is 1. The number of aromatic nitrogens is 2. The monoisotopic (exact) mass is 392 g/mol. The van der Waals surface area contributed by atoms with Crippen molar-refractivity contribution in [3.05, 3.63) is 87.9 Å². The number of nitrogens with one attached hydrogen (secondary N) is 1. The van der Waals surface area contributed by atoms with Crippen LogP contribution < -0.4 is 10.5 Å². The molecule has 29 heavy (non-hydrogen) atoms. The van der Waals surface area contributed by atoms with Gasteiger partial charge in [-0.15, -0.1) is 0 Å². The maximum absolute atomic E-state index is 11.1. The lowest BCUT2D eigenvalue weighted by atomic mass is 10.1. The molecule has 0 aliphatic rings. The third kappa shape index (κ3) is 4.40. The van der Waals surface area contributed by atoms with Crippen molar-refractivity contribution in [3.8, 4) is 23.1 Å². The zero-order valence-electron chi connectivity index (χ0n) is 15.8. The van der Waals surface area contributed by atoms with Crippen molar-refractivity contribution < 1.29 is 18.7 Å². The summed E-state index contributed by atoms with van der Waals surface area (Å²) < 4.78 is 16.5. The molecule has 4 aromatic rings. The van der Waals surface area contributed by atoms with E-state index in [1.54, 1.807) is 0 Å². The first-order valence-corrected chi connectivity index (χ1v) is 9.23. The van der Waals surface area contributed by atoms with Crippen LogP contribution in [-0.4, -0.2) is 15.1 Å². The van der Waals surface area contributed by atoms with Crippen LogP contribution in [0.4, 0.5) is 0 Å². The van der Waals surface area contributed by atoms with Crippen LogP contribution >= 0.6 is 0 Å². The van der Waals surface area contributed by atoms with E-state index in [9.17, 15) is 9.90 Å². The minimum atomic E-state index is -0.653. The quantitative estimate of drug-likeness (QED) is 0.493. The second-order valence-corrected chi connectivity index (χ2v) is 6.61. The fourth-order valence-electron chi connectivity index (χ4n) is 2.95. The van der Waals surface area contributed by atoms with Crippen molar-refractivity contribution in [2.24, 2.45) is 0 Å². The van der Waals surface area contributed by atoms with E-state index in [-0.39, 0.29) is 11.6 Å². The Labute approximate surface area is 166 Å². The van der Waals surface area contributed by atoms with E-state index in [1.165, 1.54) is 0 Å². The highest BCUT2D eigenvalue weighted by Crippen LogP contribution is 2.23. The van der Waals surface area contributed by atoms with Gasteiger partial charge in [-0.2, -0.15) is 0 Å². The molecule has 0 bridgehead atoms. The number of benzene rings is 2. The molecule has 0 fully saturated rings. The van der Waals surface area contributed by atoms with E-state index in [0.29, 0.717) is 31.1 Å². The van der Waals surface area contributed by atoms with Gasteiger partial charge < -0.3 is 18.7 Å². The average molecular weight is 392 g/mol. The summed E-state index contributed by atoms with van der Waals surface area (Å²) in [4.78, 5) is 17.8. The van der Waals surface area contributed by atoms with Crippen LogP contribution in [0.15, 0.2) is 68.2 Å². The third-order valence-corrected chi connectivity index (χ3v) is 4.55. The van der Waals surface area contributed by atoms with Crippen molar-refractivity contribution in [2.75, 3.05) is 0 Å². The summed E-state index contributed by atoms with van der Waals surface area (Å²) in [5.41, 5.74) is 2.71. The van der Waals surface area contributed by atoms with Gasteiger partial charge in [0, 0.05) is 12.0 Å². The maximum Gasteiger partial charge on any atom is 0.419 e. The highest BCUT2D eigenvalue weighted by Gasteiger charge is 2.12. The molecule has 0 aliphatic carbocycles. The first kappa shape index (κ1) is 18.6. The molecule has 148 valence electrons. The summed E-state index contributed by atoms with van der Waals surface area (Å²) in [7, 11) is 0.